The quantitative estimate of drug-likeness (QED) is 0.533. The summed E-state index contributed by atoms with van der Waals surface area (Å²) in [5.41, 5.74) is 3.52. The molecule has 0 radical (unpaired) electrons. The van der Waals surface area contributed by atoms with Crippen molar-refractivity contribution in [2.45, 2.75) is 24.3 Å². The SMILES string of the molecule is Cc1ccccc1[C@@H]1CC(c2ccc(NS(C)(=O)=O)cc2)=NN1S(=O)(=O)c1cccc(Cl)c1. The number of sulfonamides is 2. The lowest BCUT2D eigenvalue weighted by Gasteiger charge is -2.24. The second-order valence-corrected chi connectivity index (χ2v) is 11.8. The van der Waals surface area contributed by atoms with Gasteiger partial charge in [-0.3, -0.25) is 4.72 Å². The van der Waals surface area contributed by atoms with E-state index in [4.69, 9.17) is 11.6 Å². The van der Waals surface area contributed by atoms with E-state index in [2.05, 4.69) is 9.82 Å². The fraction of sp³-hybridized carbons (Fsp3) is 0.174. The number of halogens is 1. The Morgan fingerprint density at radius 1 is 0.970 bits per heavy atom. The van der Waals surface area contributed by atoms with Crippen molar-refractivity contribution in [2.75, 3.05) is 11.0 Å². The van der Waals surface area contributed by atoms with Gasteiger partial charge in [-0.1, -0.05) is 54.1 Å². The highest BCUT2D eigenvalue weighted by Gasteiger charge is 2.38. The van der Waals surface area contributed by atoms with E-state index in [1.165, 1.54) is 12.1 Å². The first-order valence-corrected chi connectivity index (χ1v) is 13.8. The van der Waals surface area contributed by atoms with Crippen molar-refractivity contribution in [1.82, 2.24) is 4.41 Å². The number of nitrogens with zero attached hydrogens (tertiary/aromatic N) is 2. The summed E-state index contributed by atoms with van der Waals surface area (Å²) in [7, 11) is -7.38. The van der Waals surface area contributed by atoms with Crippen LogP contribution >= 0.6 is 11.6 Å². The fourth-order valence-electron chi connectivity index (χ4n) is 3.76. The fourth-order valence-corrected chi connectivity index (χ4v) is 6.05. The van der Waals surface area contributed by atoms with E-state index in [9.17, 15) is 16.8 Å². The first kappa shape index (κ1) is 23.3. The van der Waals surface area contributed by atoms with Crippen molar-refractivity contribution in [3.05, 3.63) is 94.5 Å². The summed E-state index contributed by atoms with van der Waals surface area (Å²) in [5.74, 6) is 0. The third kappa shape index (κ3) is 5.05. The van der Waals surface area contributed by atoms with Gasteiger partial charge in [0.1, 0.15) is 0 Å². The van der Waals surface area contributed by atoms with Gasteiger partial charge in [0.05, 0.1) is 22.9 Å². The highest BCUT2D eigenvalue weighted by molar-refractivity contribution is 7.92. The lowest BCUT2D eigenvalue weighted by Crippen LogP contribution is -2.27. The summed E-state index contributed by atoms with van der Waals surface area (Å²) < 4.78 is 53.6. The normalized spacial score (nSPS) is 16.5. The van der Waals surface area contributed by atoms with Crippen LogP contribution in [0.3, 0.4) is 0 Å². The molecule has 3 aromatic carbocycles. The van der Waals surface area contributed by atoms with Crippen molar-refractivity contribution < 1.29 is 16.8 Å². The molecule has 10 heteroatoms. The predicted octanol–water partition coefficient (Wildman–Crippen LogP) is 4.56. The van der Waals surface area contributed by atoms with E-state index in [1.54, 1.807) is 36.4 Å². The first-order valence-electron chi connectivity index (χ1n) is 10.1. The Balaban J connectivity index is 1.76. The summed E-state index contributed by atoms with van der Waals surface area (Å²) >= 11 is 6.05. The zero-order chi connectivity index (χ0) is 23.8. The zero-order valence-electron chi connectivity index (χ0n) is 17.9. The van der Waals surface area contributed by atoms with E-state index < -0.39 is 26.1 Å². The van der Waals surface area contributed by atoms with Crippen LogP contribution in [-0.2, 0) is 20.0 Å². The summed E-state index contributed by atoms with van der Waals surface area (Å²) in [6, 6.07) is 19.9. The van der Waals surface area contributed by atoms with E-state index in [-0.39, 0.29) is 4.90 Å². The molecule has 1 N–H and O–H groups in total. The number of nitrogens with one attached hydrogen (secondary N) is 1. The molecule has 0 unspecified atom stereocenters. The smallest absolute Gasteiger partial charge is 0.279 e. The number of anilines is 1. The molecule has 0 aromatic heterocycles. The number of aryl methyl sites for hydroxylation is 1. The van der Waals surface area contributed by atoms with Crippen molar-refractivity contribution in [3.63, 3.8) is 0 Å². The molecule has 1 aliphatic heterocycles. The lowest BCUT2D eigenvalue weighted by molar-refractivity contribution is 0.370. The molecule has 1 atom stereocenters. The first-order chi connectivity index (χ1) is 15.5. The van der Waals surface area contributed by atoms with Crippen molar-refractivity contribution in [3.8, 4) is 0 Å². The molecule has 7 nitrogen and oxygen atoms in total. The van der Waals surface area contributed by atoms with Crippen LogP contribution in [-0.4, -0.2) is 33.2 Å². The van der Waals surface area contributed by atoms with Crippen LogP contribution in [0.5, 0.6) is 0 Å². The minimum Gasteiger partial charge on any atom is -0.284 e. The van der Waals surface area contributed by atoms with Crippen molar-refractivity contribution >= 4 is 43.0 Å². The molecule has 0 aliphatic carbocycles. The third-order valence-electron chi connectivity index (χ3n) is 5.28. The van der Waals surface area contributed by atoms with Crippen LogP contribution in [0.2, 0.25) is 5.02 Å². The Bertz CT molecular complexity index is 1440. The maximum atomic E-state index is 13.6. The minimum atomic E-state index is -3.98. The highest BCUT2D eigenvalue weighted by atomic mass is 35.5. The monoisotopic (exact) mass is 503 g/mol. The molecule has 172 valence electrons. The van der Waals surface area contributed by atoms with Crippen LogP contribution in [0.1, 0.15) is 29.2 Å². The Morgan fingerprint density at radius 2 is 1.67 bits per heavy atom. The van der Waals surface area contributed by atoms with Gasteiger partial charge in [0.15, 0.2) is 0 Å². The van der Waals surface area contributed by atoms with Crippen LogP contribution in [0.4, 0.5) is 5.69 Å². The van der Waals surface area contributed by atoms with Gasteiger partial charge in [0.2, 0.25) is 10.0 Å². The number of hydrogen-bond acceptors (Lipinski definition) is 5. The molecule has 3 aromatic rings. The minimum absolute atomic E-state index is 0.0614. The molecular formula is C23H22ClN3O4S2. The molecule has 1 aliphatic rings. The summed E-state index contributed by atoms with van der Waals surface area (Å²) in [6.45, 7) is 1.93. The lowest BCUT2D eigenvalue weighted by atomic mass is 9.96. The average Bonchev–Trinajstić information content (AvgIpc) is 3.19. The van der Waals surface area contributed by atoms with Crippen molar-refractivity contribution in [1.29, 1.82) is 0 Å². The molecule has 0 spiro atoms. The van der Waals surface area contributed by atoms with Crippen LogP contribution in [0.25, 0.3) is 0 Å². The van der Waals surface area contributed by atoms with Crippen LogP contribution in [0, 0.1) is 6.92 Å². The van der Waals surface area contributed by atoms with Gasteiger partial charge >= 0.3 is 0 Å². The van der Waals surface area contributed by atoms with Gasteiger partial charge in [-0.2, -0.15) is 17.9 Å². The van der Waals surface area contributed by atoms with Gasteiger partial charge < -0.3 is 0 Å². The molecule has 0 saturated carbocycles. The molecule has 0 saturated heterocycles. The van der Waals surface area contributed by atoms with Crippen molar-refractivity contribution in [2.24, 2.45) is 5.10 Å². The number of benzene rings is 3. The average molecular weight is 504 g/mol. The standard InChI is InChI=1S/C23H22ClN3O4S2/c1-16-6-3-4-9-21(16)23-15-22(17-10-12-19(13-11-17)26-32(2,28)29)25-27(23)33(30,31)20-8-5-7-18(24)14-20/h3-14,23,26H,15H2,1-2H3/t23-/m0/s1. The summed E-state index contributed by atoms with van der Waals surface area (Å²) in [4.78, 5) is 0.0614. The van der Waals surface area contributed by atoms with E-state index in [1.807, 2.05) is 31.2 Å². The molecule has 0 bridgehead atoms. The Morgan fingerprint density at radius 3 is 2.30 bits per heavy atom. The molecular weight excluding hydrogens is 482 g/mol. The predicted molar refractivity (Wildman–Crippen MR) is 130 cm³/mol. The van der Waals surface area contributed by atoms with E-state index >= 15 is 0 Å². The zero-order valence-corrected chi connectivity index (χ0v) is 20.3. The molecule has 1 heterocycles. The Labute approximate surface area is 198 Å². The van der Waals surface area contributed by atoms with Crippen LogP contribution < -0.4 is 4.72 Å². The second kappa shape index (κ2) is 8.81. The van der Waals surface area contributed by atoms with Gasteiger partial charge in [0.25, 0.3) is 10.0 Å². The number of rotatable bonds is 6. The molecule has 0 amide bonds. The molecule has 0 fully saturated rings. The number of hydrogen-bond donors (Lipinski definition) is 1. The topological polar surface area (TPSA) is 95.9 Å². The summed E-state index contributed by atoms with van der Waals surface area (Å²) in [5, 5.41) is 4.84. The third-order valence-corrected chi connectivity index (χ3v) is 7.80. The highest BCUT2D eigenvalue weighted by Crippen LogP contribution is 2.38. The Hall–Kier alpha value is -2.88. The Kier molecular flexibility index (Phi) is 6.22. The summed E-state index contributed by atoms with van der Waals surface area (Å²) in [6.07, 6.45) is 1.44. The van der Waals surface area contributed by atoms with Crippen LogP contribution in [0.15, 0.2) is 82.8 Å². The van der Waals surface area contributed by atoms with Gasteiger partial charge in [-0.15, -0.1) is 0 Å². The maximum Gasteiger partial charge on any atom is 0.279 e. The van der Waals surface area contributed by atoms with Gasteiger partial charge in [-0.25, -0.2) is 8.42 Å². The second-order valence-electron chi connectivity index (χ2n) is 7.81. The van der Waals surface area contributed by atoms with E-state index in [0.29, 0.717) is 28.4 Å². The molecule has 4 rings (SSSR count). The number of hydrazone groups is 1. The van der Waals surface area contributed by atoms with Gasteiger partial charge in [-0.05, 0) is 53.9 Å². The largest absolute Gasteiger partial charge is 0.284 e. The van der Waals surface area contributed by atoms with E-state index in [0.717, 1.165) is 21.8 Å². The van der Waals surface area contributed by atoms with Gasteiger partial charge in [0, 0.05) is 17.1 Å². The maximum absolute atomic E-state index is 13.6. The molecule has 33 heavy (non-hydrogen) atoms.